The lowest BCUT2D eigenvalue weighted by Gasteiger charge is -2.31. The maximum atomic E-state index is 11.6. The first kappa shape index (κ1) is 12.0. The van der Waals surface area contributed by atoms with Crippen molar-refractivity contribution in [2.45, 2.75) is 40.0 Å². The number of amides is 3. The minimum atomic E-state index is -0.519. The van der Waals surface area contributed by atoms with Gasteiger partial charge >= 0.3 is 6.03 Å². The molecule has 0 radical (unpaired) electrons. The van der Waals surface area contributed by atoms with E-state index < -0.39 is 6.23 Å². The third-order valence-electron chi connectivity index (χ3n) is 2.55. The van der Waals surface area contributed by atoms with Crippen LogP contribution in [0, 0.1) is 5.41 Å². The van der Waals surface area contributed by atoms with E-state index >= 15 is 0 Å². The van der Waals surface area contributed by atoms with Crippen molar-refractivity contribution in [2.24, 2.45) is 5.41 Å². The van der Waals surface area contributed by atoms with Gasteiger partial charge in [0.05, 0.1) is 6.04 Å². The predicted octanol–water partition coefficient (Wildman–Crippen LogP) is 0.945. The normalized spacial score (nSPS) is 26.7. The molecule has 5 nitrogen and oxygen atoms in total. The molecule has 0 spiro atoms. The highest BCUT2D eigenvalue weighted by molar-refractivity contribution is 5.95. The van der Waals surface area contributed by atoms with E-state index in [1.807, 2.05) is 20.8 Å². The van der Waals surface area contributed by atoms with E-state index in [-0.39, 0.29) is 23.4 Å². The number of nitrogens with zero attached hydrogens (tertiary/aromatic N) is 1. The van der Waals surface area contributed by atoms with Gasteiger partial charge in [0.15, 0.2) is 6.23 Å². The van der Waals surface area contributed by atoms with Crippen molar-refractivity contribution >= 4 is 11.9 Å². The van der Waals surface area contributed by atoms with Gasteiger partial charge in [0, 0.05) is 14.0 Å². The summed E-state index contributed by atoms with van der Waals surface area (Å²) in [6.45, 7) is 7.34. The van der Waals surface area contributed by atoms with Crippen LogP contribution in [0.15, 0.2) is 0 Å². The lowest BCUT2D eigenvalue weighted by molar-refractivity contribution is -0.135. The van der Waals surface area contributed by atoms with Gasteiger partial charge in [-0.1, -0.05) is 20.8 Å². The molecule has 86 valence electrons. The predicted molar refractivity (Wildman–Crippen MR) is 55.1 cm³/mol. The Morgan fingerprint density at radius 1 is 1.47 bits per heavy atom. The molecule has 1 aliphatic rings. The Kier molecular flexibility index (Phi) is 3.04. The van der Waals surface area contributed by atoms with Gasteiger partial charge < -0.3 is 10.1 Å². The van der Waals surface area contributed by atoms with E-state index in [9.17, 15) is 9.59 Å². The molecule has 0 aromatic carbocycles. The molecular formula is C10H18N2O3. The van der Waals surface area contributed by atoms with Crippen LogP contribution < -0.4 is 5.32 Å². The Balaban J connectivity index is 2.97. The number of hydrogen-bond acceptors (Lipinski definition) is 3. The fourth-order valence-electron chi connectivity index (χ4n) is 1.75. The number of carbonyl (C=O) groups excluding carboxylic acids is 2. The van der Waals surface area contributed by atoms with Gasteiger partial charge in [-0.2, -0.15) is 0 Å². The highest BCUT2D eigenvalue weighted by Gasteiger charge is 2.47. The van der Waals surface area contributed by atoms with Crippen molar-refractivity contribution in [3.8, 4) is 0 Å². The molecule has 1 aliphatic heterocycles. The Morgan fingerprint density at radius 3 is 2.33 bits per heavy atom. The van der Waals surface area contributed by atoms with Crippen molar-refractivity contribution in [1.82, 2.24) is 10.2 Å². The maximum absolute atomic E-state index is 11.6. The van der Waals surface area contributed by atoms with E-state index in [1.165, 1.54) is 14.0 Å². The zero-order valence-corrected chi connectivity index (χ0v) is 9.83. The van der Waals surface area contributed by atoms with Crippen LogP contribution in [0.1, 0.15) is 27.7 Å². The van der Waals surface area contributed by atoms with Crippen LogP contribution in [-0.4, -0.2) is 36.2 Å². The lowest BCUT2D eigenvalue weighted by Crippen LogP contribution is -2.46. The fourth-order valence-corrected chi connectivity index (χ4v) is 1.75. The first-order chi connectivity index (χ1) is 6.79. The first-order valence-corrected chi connectivity index (χ1v) is 4.92. The minimum Gasteiger partial charge on any atom is -0.359 e. The summed E-state index contributed by atoms with van der Waals surface area (Å²) in [6.07, 6.45) is -0.519. The van der Waals surface area contributed by atoms with Gasteiger partial charge in [-0.15, -0.1) is 0 Å². The summed E-state index contributed by atoms with van der Waals surface area (Å²) in [5, 5.41) is 2.77. The standard InChI is InChI=1S/C10H18N2O3/c1-6(13)12-8(15-5)7(10(2,3)4)11-9(12)14/h7-8H,1-5H3,(H,11,14)/t7-,8+/m0/s1. The molecule has 0 saturated carbocycles. The monoisotopic (exact) mass is 214 g/mol. The van der Waals surface area contributed by atoms with Crippen molar-refractivity contribution in [3.63, 3.8) is 0 Å². The van der Waals surface area contributed by atoms with Crippen LogP contribution in [0.4, 0.5) is 4.79 Å². The molecule has 3 amide bonds. The summed E-state index contributed by atoms with van der Waals surface area (Å²) in [7, 11) is 1.50. The van der Waals surface area contributed by atoms with Crippen LogP contribution in [0.25, 0.3) is 0 Å². The largest absolute Gasteiger partial charge is 0.359 e. The first-order valence-electron chi connectivity index (χ1n) is 4.92. The second kappa shape index (κ2) is 3.81. The maximum Gasteiger partial charge on any atom is 0.326 e. The Labute approximate surface area is 89.8 Å². The van der Waals surface area contributed by atoms with Crippen LogP contribution >= 0.6 is 0 Å². The summed E-state index contributed by atoms with van der Waals surface area (Å²) in [5.41, 5.74) is -0.152. The lowest BCUT2D eigenvalue weighted by atomic mass is 9.86. The van der Waals surface area contributed by atoms with E-state index in [0.29, 0.717) is 0 Å². The van der Waals surface area contributed by atoms with Gasteiger partial charge in [0.1, 0.15) is 0 Å². The van der Waals surface area contributed by atoms with Crippen LogP contribution in [0.2, 0.25) is 0 Å². The van der Waals surface area contributed by atoms with Crippen LogP contribution in [0.5, 0.6) is 0 Å². The van der Waals surface area contributed by atoms with Gasteiger partial charge in [-0.3, -0.25) is 4.79 Å². The van der Waals surface area contributed by atoms with E-state index in [0.717, 1.165) is 4.90 Å². The number of imide groups is 1. The number of urea groups is 1. The van der Waals surface area contributed by atoms with E-state index in [2.05, 4.69) is 5.32 Å². The fraction of sp³-hybridized carbons (Fsp3) is 0.800. The Bertz CT molecular complexity index is 283. The van der Waals surface area contributed by atoms with Gasteiger partial charge in [0.25, 0.3) is 0 Å². The second-order valence-corrected chi connectivity index (χ2v) is 4.81. The molecule has 2 atom stereocenters. The smallest absolute Gasteiger partial charge is 0.326 e. The minimum absolute atomic E-state index is 0.152. The molecule has 1 fully saturated rings. The average molecular weight is 214 g/mol. The third kappa shape index (κ3) is 2.12. The molecule has 0 bridgehead atoms. The van der Waals surface area contributed by atoms with Crippen molar-refractivity contribution < 1.29 is 14.3 Å². The van der Waals surface area contributed by atoms with Crippen molar-refractivity contribution in [2.75, 3.05) is 7.11 Å². The zero-order valence-electron chi connectivity index (χ0n) is 9.83. The third-order valence-corrected chi connectivity index (χ3v) is 2.55. The van der Waals surface area contributed by atoms with E-state index in [1.54, 1.807) is 0 Å². The molecular weight excluding hydrogens is 196 g/mol. The zero-order chi connectivity index (χ0) is 11.8. The molecule has 1 heterocycles. The Hall–Kier alpha value is -1.10. The van der Waals surface area contributed by atoms with Gasteiger partial charge in [0.2, 0.25) is 5.91 Å². The average Bonchev–Trinajstić information content (AvgIpc) is 2.41. The van der Waals surface area contributed by atoms with E-state index in [4.69, 9.17) is 4.74 Å². The molecule has 15 heavy (non-hydrogen) atoms. The number of ether oxygens (including phenoxy) is 1. The summed E-state index contributed by atoms with van der Waals surface area (Å²) >= 11 is 0. The highest BCUT2D eigenvalue weighted by Crippen LogP contribution is 2.29. The molecule has 0 aliphatic carbocycles. The molecule has 1 saturated heterocycles. The molecule has 1 N–H and O–H groups in total. The SMILES string of the molecule is CO[C@@H]1[C@@H](C(C)(C)C)NC(=O)N1C(C)=O. The summed E-state index contributed by atoms with van der Waals surface area (Å²) in [6, 6.07) is -0.562. The second-order valence-electron chi connectivity index (χ2n) is 4.81. The summed E-state index contributed by atoms with van der Waals surface area (Å²) in [5.74, 6) is -0.300. The van der Waals surface area contributed by atoms with Crippen LogP contribution in [0.3, 0.4) is 0 Å². The Morgan fingerprint density at radius 2 is 2.00 bits per heavy atom. The topological polar surface area (TPSA) is 58.6 Å². The summed E-state index contributed by atoms with van der Waals surface area (Å²) < 4.78 is 5.22. The van der Waals surface area contributed by atoms with Crippen molar-refractivity contribution in [3.05, 3.63) is 0 Å². The molecule has 0 aromatic heterocycles. The van der Waals surface area contributed by atoms with Gasteiger partial charge in [-0.25, -0.2) is 9.69 Å². The molecule has 0 aromatic rings. The molecule has 5 heteroatoms. The highest BCUT2D eigenvalue weighted by atomic mass is 16.5. The van der Waals surface area contributed by atoms with Crippen LogP contribution in [-0.2, 0) is 9.53 Å². The quantitative estimate of drug-likeness (QED) is 0.707. The molecule has 0 unspecified atom stereocenters. The number of rotatable bonds is 1. The number of carbonyl (C=O) groups is 2. The number of methoxy groups -OCH3 is 1. The van der Waals surface area contributed by atoms with Gasteiger partial charge in [-0.05, 0) is 5.41 Å². The van der Waals surface area contributed by atoms with Crippen molar-refractivity contribution in [1.29, 1.82) is 0 Å². The molecule has 1 rings (SSSR count). The summed E-state index contributed by atoms with van der Waals surface area (Å²) in [4.78, 5) is 24.0. The number of nitrogens with one attached hydrogen (secondary N) is 1. The number of hydrogen-bond donors (Lipinski definition) is 1.